The van der Waals surface area contributed by atoms with E-state index < -0.39 is 0 Å². The Kier molecular flexibility index (Phi) is 7.33. The third-order valence-electron chi connectivity index (χ3n) is 5.04. The van der Waals surface area contributed by atoms with Gasteiger partial charge >= 0.3 is 0 Å². The highest BCUT2D eigenvalue weighted by atomic mass is 16.5. The largest absolute Gasteiger partial charge is 0.494 e. The van der Waals surface area contributed by atoms with Gasteiger partial charge in [-0.1, -0.05) is 13.8 Å². The van der Waals surface area contributed by atoms with E-state index in [-0.39, 0.29) is 24.2 Å². The van der Waals surface area contributed by atoms with Gasteiger partial charge in [0.2, 0.25) is 11.8 Å². The zero-order valence-corrected chi connectivity index (χ0v) is 17.9. The zero-order valence-electron chi connectivity index (χ0n) is 17.9. The summed E-state index contributed by atoms with van der Waals surface area (Å²) in [5, 5.41) is 2.91. The molecule has 1 atom stereocenters. The first-order valence-electron chi connectivity index (χ1n) is 10.5. The molecule has 1 aliphatic rings. The number of carbonyl (C=O) groups excluding carboxylic acids is 2. The number of nitrogens with one attached hydrogen (secondary N) is 1. The quantitative estimate of drug-likeness (QED) is 0.661. The molecule has 0 spiro atoms. The van der Waals surface area contributed by atoms with E-state index in [1.165, 1.54) is 0 Å². The highest BCUT2D eigenvalue weighted by molar-refractivity contribution is 6.03. The van der Waals surface area contributed by atoms with Crippen LogP contribution in [0.15, 0.2) is 48.5 Å². The van der Waals surface area contributed by atoms with Gasteiger partial charge < -0.3 is 19.7 Å². The van der Waals surface area contributed by atoms with Crippen molar-refractivity contribution in [3.05, 3.63) is 48.5 Å². The van der Waals surface area contributed by atoms with Crippen molar-refractivity contribution in [3.63, 3.8) is 0 Å². The summed E-state index contributed by atoms with van der Waals surface area (Å²) in [5.41, 5.74) is 1.48. The molecule has 1 fully saturated rings. The van der Waals surface area contributed by atoms with Gasteiger partial charge in [0.05, 0.1) is 19.1 Å². The maximum atomic E-state index is 12.7. The topological polar surface area (TPSA) is 67.9 Å². The third kappa shape index (κ3) is 5.75. The van der Waals surface area contributed by atoms with E-state index in [0.29, 0.717) is 31.4 Å². The van der Waals surface area contributed by atoms with Crippen molar-refractivity contribution >= 4 is 23.2 Å². The molecule has 0 aromatic heterocycles. The van der Waals surface area contributed by atoms with Gasteiger partial charge in [0.15, 0.2) is 0 Å². The van der Waals surface area contributed by atoms with Crippen molar-refractivity contribution in [2.24, 2.45) is 11.8 Å². The molecule has 30 heavy (non-hydrogen) atoms. The van der Waals surface area contributed by atoms with Crippen LogP contribution in [0, 0.1) is 11.8 Å². The van der Waals surface area contributed by atoms with E-state index in [1.54, 1.807) is 4.90 Å². The van der Waals surface area contributed by atoms with Gasteiger partial charge in [0, 0.05) is 24.3 Å². The molecule has 0 radical (unpaired) electrons. The van der Waals surface area contributed by atoms with Crippen LogP contribution in [0.3, 0.4) is 0 Å². The molecule has 1 aliphatic heterocycles. The Balaban J connectivity index is 1.54. The van der Waals surface area contributed by atoms with Gasteiger partial charge in [-0.15, -0.1) is 0 Å². The van der Waals surface area contributed by atoms with Crippen LogP contribution in [0.25, 0.3) is 0 Å². The predicted octanol–water partition coefficient (Wildman–Crippen LogP) is 4.50. The Bertz CT molecular complexity index is 847. The van der Waals surface area contributed by atoms with Crippen molar-refractivity contribution in [2.75, 3.05) is 30.0 Å². The summed E-state index contributed by atoms with van der Waals surface area (Å²) in [4.78, 5) is 26.8. The number of hydrogen-bond donors (Lipinski definition) is 1. The van der Waals surface area contributed by atoms with Crippen LogP contribution in [-0.2, 0) is 9.59 Å². The Hall–Kier alpha value is -3.02. The Morgan fingerprint density at radius 1 is 1.07 bits per heavy atom. The second kappa shape index (κ2) is 10.1. The van der Waals surface area contributed by atoms with Crippen LogP contribution >= 0.6 is 0 Å². The van der Waals surface area contributed by atoms with Gasteiger partial charge in [-0.05, 0) is 67.8 Å². The minimum Gasteiger partial charge on any atom is -0.494 e. The van der Waals surface area contributed by atoms with Crippen LogP contribution in [0.4, 0.5) is 11.4 Å². The van der Waals surface area contributed by atoms with Crippen LogP contribution in [0.2, 0.25) is 0 Å². The monoisotopic (exact) mass is 410 g/mol. The molecule has 0 saturated carbocycles. The van der Waals surface area contributed by atoms with Crippen molar-refractivity contribution < 1.29 is 19.1 Å². The lowest BCUT2D eigenvalue weighted by Crippen LogP contribution is -2.28. The summed E-state index contributed by atoms with van der Waals surface area (Å²) >= 11 is 0. The van der Waals surface area contributed by atoms with Gasteiger partial charge in [0.1, 0.15) is 11.5 Å². The fraction of sp³-hybridized carbons (Fsp3) is 0.417. The number of amides is 2. The molecule has 0 bridgehead atoms. The van der Waals surface area contributed by atoms with E-state index in [0.717, 1.165) is 23.6 Å². The number of carbonyl (C=O) groups is 2. The van der Waals surface area contributed by atoms with E-state index >= 15 is 0 Å². The number of anilines is 2. The second-order valence-electron chi connectivity index (χ2n) is 7.88. The van der Waals surface area contributed by atoms with Crippen molar-refractivity contribution in [3.8, 4) is 11.5 Å². The molecule has 2 aromatic carbocycles. The SMILES string of the molecule is CCOc1ccc(N2C[C@@H](C(=O)Nc3ccc(OCCC(C)C)cc3)CC2=O)cc1. The summed E-state index contributed by atoms with van der Waals surface area (Å²) in [6, 6.07) is 14.7. The van der Waals surface area contributed by atoms with E-state index in [2.05, 4.69) is 19.2 Å². The normalized spacial score (nSPS) is 16.1. The summed E-state index contributed by atoms with van der Waals surface area (Å²) in [6.07, 6.45) is 1.20. The molecule has 6 heteroatoms. The first-order chi connectivity index (χ1) is 14.5. The van der Waals surface area contributed by atoms with E-state index in [1.807, 2.05) is 55.5 Å². The van der Waals surface area contributed by atoms with Crippen molar-refractivity contribution in [2.45, 2.75) is 33.6 Å². The number of ether oxygens (including phenoxy) is 2. The fourth-order valence-corrected chi connectivity index (χ4v) is 3.31. The molecule has 2 amide bonds. The van der Waals surface area contributed by atoms with Crippen LogP contribution < -0.4 is 19.7 Å². The smallest absolute Gasteiger partial charge is 0.229 e. The number of hydrogen-bond acceptors (Lipinski definition) is 4. The summed E-state index contributed by atoms with van der Waals surface area (Å²) in [6.45, 7) is 7.88. The molecular formula is C24H30N2O4. The maximum absolute atomic E-state index is 12.7. The first-order valence-corrected chi connectivity index (χ1v) is 10.5. The minimum atomic E-state index is -0.383. The van der Waals surface area contributed by atoms with Crippen molar-refractivity contribution in [1.29, 1.82) is 0 Å². The number of benzene rings is 2. The van der Waals surface area contributed by atoms with Crippen LogP contribution in [0.1, 0.15) is 33.6 Å². The summed E-state index contributed by atoms with van der Waals surface area (Å²) < 4.78 is 11.1. The molecular weight excluding hydrogens is 380 g/mol. The number of nitrogens with zero attached hydrogens (tertiary/aromatic N) is 1. The molecule has 160 valence electrons. The average molecular weight is 411 g/mol. The van der Waals surface area contributed by atoms with Gasteiger partial charge in [-0.25, -0.2) is 0 Å². The lowest BCUT2D eigenvalue weighted by Gasteiger charge is -2.17. The molecule has 2 aromatic rings. The second-order valence-corrected chi connectivity index (χ2v) is 7.88. The summed E-state index contributed by atoms with van der Waals surface area (Å²) in [5.74, 6) is 1.56. The standard InChI is InChI=1S/C24H30N2O4/c1-4-29-21-11-7-20(8-12-21)26-16-18(15-23(26)27)24(28)25-19-5-9-22(10-6-19)30-14-13-17(2)3/h5-12,17-18H,4,13-16H2,1-3H3,(H,25,28)/t18-/m0/s1. The van der Waals surface area contributed by atoms with Crippen molar-refractivity contribution in [1.82, 2.24) is 0 Å². The molecule has 6 nitrogen and oxygen atoms in total. The average Bonchev–Trinajstić information content (AvgIpc) is 3.12. The summed E-state index contributed by atoms with van der Waals surface area (Å²) in [7, 11) is 0. The lowest BCUT2D eigenvalue weighted by atomic mass is 10.1. The van der Waals surface area contributed by atoms with Crippen LogP contribution in [0.5, 0.6) is 11.5 Å². The Labute approximate surface area is 178 Å². The molecule has 1 saturated heterocycles. The Morgan fingerprint density at radius 3 is 2.33 bits per heavy atom. The predicted molar refractivity (Wildman–Crippen MR) is 118 cm³/mol. The highest BCUT2D eigenvalue weighted by Crippen LogP contribution is 2.28. The number of rotatable bonds is 9. The van der Waals surface area contributed by atoms with Gasteiger partial charge in [0.25, 0.3) is 0 Å². The fourth-order valence-electron chi connectivity index (χ4n) is 3.31. The lowest BCUT2D eigenvalue weighted by molar-refractivity contribution is -0.122. The Morgan fingerprint density at radius 2 is 1.70 bits per heavy atom. The molecule has 1 heterocycles. The van der Waals surface area contributed by atoms with Crippen LogP contribution in [-0.4, -0.2) is 31.6 Å². The van der Waals surface area contributed by atoms with E-state index in [9.17, 15) is 9.59 Å². The minimum absolute atomic E-state index is 0.0480. The van der Waals surface area contributed by atoms with Gasteiger partial charge in [-0.3, -0.25) is 9.59 Å². The molecule has 3 rings (SSSR count). The van der Waals surface area contributed by atoms with Gasteiger partial charge in [-0.2, -0.15) is 0 Å². The maximum Gasteiger partial charge on any atom is 0.229 e. The zero-order chi connectivity index (χ0) is 21.5. The molecule has 0 unspecified atom stereocenters. The highest BCUT2D eigenvalue weighted by Gasteiger charge is 2.35. The third-order valence-corrected chi connectivity index (χ3v) is 5.04. The molecule has 1 N–H and O–H groups in total. The molecule has 0 aliphatic carbocycles. The van der Waals surface area contributed by atoms with E-state index in [4.69, 9.17) is 9.47 Å². The first kappa shape index (κ1) is 21.7.